The van der Waals surface area contributed by atoms with E-state index in [1.165, 1.54) is 25.1 Å². The van der Waals surface area contributed by atoms with Crippen LogP contribution >= 0.6 is 0 Å². The van der Waals surface area contributed by atoms with Crippen LogP contribution in [0.4, 0.5) is 18.0 Å². The number of rotatable bonds is 9. The lowest BCUT2D eigenvalue weighted by Crippen LogP contribution is -2.60. The number of aromatic nitrogens is 1. The number of nitrogens with zero attached hydrogens (tertiary/aromatic N) is 2. The SMILES string of the molecule is CC[C@@H]1C[C@H](C)CCC=C[C@@H]2C[C@@]2(C(=O)NS(=O)(=O)C2(C)CC2)NC(=O)[C@@H]2C[C@@H](Oc3nccc4c(OC)cccc34)CN2C(=O)[C@H]1NC(=O)OC(C)(C)C(F)(F)F. The summed E-state index contributed by atoms with van der Waals surface area (Å²) in [4.78, 5) is 62.2. The van der Waals surface area contributed by atoms with Crippen molar-refractivity contribution in [3.8, 4) is 11.6 Å². The molecule has 0 radical (unpaired) electrons. The van der Waals surface area contributed by atoms with Gasteiger partial charge in [-0.25, -0.2) is 18.2 Å². The molecular formula is C40H52F3N5O9S. The first-order valence-corrected chi connectivity index (χ1v) is 21.1. The Morgan fingerprint density at radius 2 is 1.83 bits per heavy atom. The molecule has 1 saturated heterocycles. The van der Waals surface area contributed by atoms with Gasteiger partial charge in [-0.2, -0.15) is 13.2 Å². The Kier molecular flexibility index (Phi) is 11.8. The zero-order valence-electron chi connectivity index (χ0n) is 33.5. The van der Waals surface area contributed by atoms with Gasteiger partial charge in [-0.3, -0.25) is 19.1 Å². The molecule has 2 saturated carbocycles. The number of carbonyl (C=O) groups is 4. The Hall–Kier alpha value is -4.61. The molecule has 3 heterocycles. The Morgan fingerprint density at radius 1 is 1.10 bits per heavy atom. The number of ether oxygens (including phenoxy) is 3. The van der Waals surface area contributed by atoms with Crippen molar-refractivity contribution in [2.24, 2.45) is 17.8 Å². The number of allylic oxidation sites excluding steroid dienone is 1. The number of carbonyl (C=O) groups excluding carboxylic acids is 4. The zero-order chi connectivity index (χ0) is 42.4. The first-order valence-electron chi connectivity index (χ1n) is 19.7. The fraction of sp³-hybridized carbons (Fsp3) is 0.625. The van der Waals surface area contributed by atoms with Gasteiger partial charge in [-0.15, -0.1) is 0 Å². The average Bonchev–Trinajstić information content (AvgIpc) is 4.03. The molecule has 4 aliphatic rings. The van der Waals surface area contributed by atoms with Crippen LogP contribution in [0.15, 0.2) is 42.6 Å². The van der Waals surface area contributed by atoms with Gasteiger partial charge in [0.05, 0.1) is 18.4 Å². The van der Waals surface area contributed by atoms with Crippen LogP contribution in [-0.4, -0.2) is 96.0 Å². The summed E-state index contributed by atoms with van der Waals surface area (Å²) >= 11 is 0. The third-order valence-electron chi connectivity index (χ3n) is 12.1. The quantitative estimate of drug-likeness (QED) is 0.281. The summed E-state index contributed by atoms with van der Waals surface area (Å²) in [7, 11) is -2.56. The molecule has 58 heavy (non-hydrogen) atoms. The van der Waals surface area contributed by atoms with Gasteiger partial charge in [0.1, 0.15) is 29.5 Å². The van der Waals surface area contributed by atoms with Crippen LogP contribution < -0.4 is 24.8 Å². The van der Waals surface area contributed by atoms with Crippen molar-refractivity contribution >= 4 is 44.6 Å². The maximum atomic E-state index is 14.9. The summed E-state index contributed by atoms with van der Waals surface area (Å²) in [6.07, 6.45) is 0.592. The molecule has 6 rings (SSSR count). The smallest absolute Gasteiger partial charge is 0.427 e. The number of hydrogen-bond acceptors (Lipinski definition) is 10. The van der Waals surface area contributed by atoms with Crippen LogP contribution in [0.2, 0.25) is 0 Å². The lowest BCUT2D eigenvalue weighted by Gasteiger charge is -2.35. The number of amides is 4. The fourth-order valence-electron chi connectivity index (χ4n) is 7.84. The highest BCUT2D eigenvalue weighted by Crippen LogP contribution is 2.48. The number of nitrogens with one attached hydrogen (secondary N) is 3. The molecule has 3 N–H and O–H groups in total. The Bertz CT molecular complexity index is 2070. The molecule has 1 aromatic heterocycles. The number of sulfonamides is 1. The molecule has 0 unspecified atom stereocenters. The van der Waals surface area contributed by atoms with E-state index in [9.17, 15) is 40.8 Å². The van der Waals surface area contributed by atoms with E-state index < -0.39 is 85.9 Å². The lowest BCUT2D eigenvalue weighted by molar-refractivity contribution is -0.244. The molecule has 2 aliphatic heterocycles. The van der Waals surface area contributed by atoms with Crippen molar-refractivity contribution in [1.29, 1.82) is 0 Å². The minimum absolute atomic E-state index is 0.0317. The first kappa shape index (κ1) is 43.0. The van der Waals surface area contributed by atoms with Gasteiger partial charge in [-0.1, -0.05) is 38.5 Å². The predicted octanol–water partition coefficient (Wildman–Crippen LogP) is 5.30. The van der Waals surface area contributed by atoms with Gasteiger partial charge in [0.25, 0.3) is 5.91 Å². The second-order valence-electron chi connectivity index (χ2n) is 16.8. The van der Waals surface area contributed by atoms with Gasteiger partial charge in [0, 0.05) is 29.3 Å². The van der Waals surface area contributed by atoms with Crippen molar-refractivity contribution in [1.82, 2.24) is 25.2 Å². The summed E-state index contributed by atoms with van der Waals surface area (Å²) in [5, 5.41) is 6.52. The molecule has 0 spiro atoms. The van der Waals surface area contributed by atoms with Gasteiger partial charge < -0.3 is 29.7 Å². The van der Waals surface area contributed by atoms with Gasteiger partial charge in [0.15, 0.2) is 0 Å². The van der Waals surface area contributed by atoms with Crippen LogP contribution in [0.5, 0.6) is 11.6 Å². The maximum absolute atomic E-state index is 14.9. The van der Waals surface area contributed by atoms with E-state index in [1.807, 2.05) is 13.0 Å². The summed E-state index contributed by atoms with van der Waals surface area (Å²) in [6.45, 7) is 6.49. The van der Waals surface area contributed by atoms with E-state index in [-0.39, 0.29) is 31.2 Å². The van der Waals surface area contributed by atoms with Crippen molar-refractivity contribution in [2.45, 2.75) is 126 Å². The number of pyridine rings is 1. The Labute approximate surface area is 336 Å². The van der Waals surface area contributed by atoms with E-state index in [1.54, 1.807) is 37.3 Å². The minimum atomic E-state index is -4.91. The summed E-state index contributed by atoms with van der Waals surface area (Å²) in [6, 6.07) is 4.29. The number of alkyl carbamates (subject to hydrolysis) is 1. The summed E-state index contributed by atoms with van der Waals surface area (Å²) < 4.78 is 85.6. The fourth-order valence-corrected chi connectivity index (χ4v) is 9.15. The number of alkyl halides is 3. The van der Waals surface area contributed by atoms with Crippen LogP contribution in [0.1, 0.15) is 86.0 Å². The highest BCUT2D eigenvalue weighted by Gasteiger charge is 2.63. The number of methoxy groups -OCH3 is 1. The second-order valence-corrected chi connectivity index (χ2v) is 19.0. The third kappa shape index (κ3) is 8.57. The van der Waals surface area contributed by atoms with Crippen molar-refractivity contribution in [2.75, 3.05) is 13.7 Å². The Morgan fingerprint density at radius 3 is 2.48 bits per heavy atom. The zero-order valence-corrected chi connectivity index (χ0v) is 34.3. The third-order valence-corrected chi connectivity index (χ3v) is 14.3. The molecule has 4 amide bonds. The van der Waals surface area contributed by atoms with Crippen LogP contribution in [-0.2, 0) is 29.1 Å². The topological polar surface area (TPSA) is 182 Å². The van der Waals surface area contributed by atoms with Crippen LogP contribution in [0, 0.1) is 17.8 Å². The second kappa shape index (κ2) is 15.9. The largest absolute Gasteiger partial charge is 0.496 e. The molecular weight excluding hydrogens is 784 g/mol. The normalized spacial score (nSPS) is 28.9. The molecule has 2 aliphatic carbocycles. The molecule has 1 aromatic carbocycles. The van der Waals surface area contributed by atoms with Gasteiger partial charge in [-0.05, 0) is 89.3 Å². The van der Waals surface area contributed by atoms with E-state index in [4.69, 9.17) is 14.2 Å². The van der Waals surface area contributed by atoms with Crippen molar-refractivity contribution < 1.29 is 55.0 Å². The Balaban J connectivity index is 1.37. The molecule has 318 valence electrons. The first-order chi connectivity index (χ1) is 27.1. The number of halogens is 3. The molecule has 14 nitrogen and oxygen atoms in total. The van der Waals surface area contributed by atoms with E-state index in [0.717, 1.165) is 0 Å². The number of fused-ring (bicyclic) bond motifs is 3. The maximum Gasteiger partial charge on any atom is 0.427 e. The summed E-state index contributed by atoms with van der Waals surface area (Å²) in [5.41, 5.74) is -4.53. The van der Waals surface area contributed by atoms with E-state index >= 15 is 0 Å². The van der Waals surface area contributed by atoms with Crippen LogP contribution in [0.25, 0.3) is 10.8 Å². The monoisotopic (exact) mass is 835 g/mol. The highest BCUT2D eigenvalue weighted by atomic mass is 32.2. The highest BCUT2D eigenvalue weighted by molar-refractivity contribution is 7.91. The number of hydrogen-bond donors (Lipinski definition) is 3. The van der Waals surface area contributed by atoms with Gasteiger partial charge in [0.2, 0.25) is 33.3 Å². The molecule has 3 fully saturated rings. The number of benzene rings is 1. The van der Waals surface area contributed by atoms with E-state index in [2.05, 4.69) is 20.3 Å². The minimum Gasteiger partial charge on any atom is -0.496 e. The van der Waals surface area contributed by atoms with Crippen LogP contribution in [0.3, 0.4) is 0 Å². The van der Waals surface area contributed by atoms with Crippen molar-refractivity contribution in [3.63, 3.8) is 0 Å². The van der Waals surface area contributed by atoms with Crippen molar-refractivity contribution in [3.05, 3.63) is 42.6 Å². The predicted molar refractivity (Wildman–Crippen MR) is 206 cm³/mol. The lowest BCUT2D eigenvalue weighted by atomic mass is 9.85. The molecule has 7 atom stereocenters. The molecule has 0 bridgehead atoms. The molecule has 2 aromatic rings. The standard InChI is InChI=1S/C40H52F3N5O9S/c1-7-24-19-23(2)11-8-9-12-25-21-39(25,35(51)47-58(53,54)38(5)16-17-38)46-32(49)29-20-26(56-33-28-13-10-14-30(55-6)27(28)15-18-44-33)22-48(29)34(50)31(24)45-36(52)57-37(3,4)40(41,42)43/h9-10,12-15,18,23-26,29,31H,7-8,11,16-17,19-22H2,1-6H3,(H,45,52)(H,46,49)(H,47,51)/t23-,24-,25-,26-,29+,31+,39-/m1/s1. The van der Waals surface area contributed by atoms with Gasteiger partial charge >= 0.3 is 12.3 Å². The van der Waals surface area contributed by atoms with E-state index in [0.29, 0.717) is 68.9 Å². The molecule has 18 heteroatoms. The summed E-state index contributed by atoms with van der Waals surface area (Å²) in [5.74, 6) is -2.85. The average molecular weight is 836 g/mol.